The van der Waals surface area contributed by atoms with E-state index in [9.17, 15) is 0 Å². The number of hydrogen-bond acceptors (Lipinski definition) is 2. The molecular weight excluding hydrogens is 258 g/mol. The van der Waals surface area contributed by atoms with Crippen molar-refractivity contribution in [2.45, 2.75) is 45.6 Å². The fourth-order valence-corrected chi connectivity index (χ4v) is 3.06. The quantitative estimate of drug-likeness (QED) is 0.817. The number of benzene rings is 1. The van der Waals surface area contributed by atoms with Crippen molar-refractivity contribution in [1.82, 2.24) is 5.32 Å². The lowest BCUT2D eigenvalue weighted by Crippen LogP contribution is -2.36. The van der Waals surface area contributed by atoms with Crippen LogP contribution >= 0.6 is 11.6 Å². The van der Waals surface area contributed by atoms with Gasteiger partial charge in [0.25, 0.3) is 0 Å². The third-order valence-corrected chi connectivity index (χ3v) is 4.11. The monoisotopic (exact) mass is 281 g/mol. The predicted octanol–water partition coefficient (Wildman–Crippen LogP) is 4.20. The SMILES string of the molecule is Cc1ccc(OCCNC2CCCC(C)C2)c(Cl)c1. The van der Waals surface area contributed by atoms with Crippen LogP contribution in [-0.4, -0.2) is 19.2 Å². The van der Waals surface area contributed by atoms with E-state index in [1.54, 1.807) is 0 Å². The van der Waals surface area contributed by atoms with Crippen LogP contribution in [0.3, 0.4) is 0 Å². The van der Waals surface area contributed by atoms with Crippen molar-refractivity contribution in [3.63, 3.8) is 0 Å². The normalized spacial score (nSPS) is 23.3. The minimum absolute atomic E-state index is 0.667. The molecule has 1 aromatic rings. The molecule has 0 spiro atoms. The third-order valence-electron chi connectivity index (χ3n) is 3.82. The first kappa shape index (κ1) is 14.7. The van der Waals surface area contributed by atoms with Crippen molar-refractivity contribution < 1.29 is 4.74 Å². The molecule has 1 fully saturated rings. The van der Waals surface area contributed by atoms with Crippen LogP contribution in [0.15, 0.2) is 18.2 Å². The average molecular weight is 282 g/mol. The van der Waals surface area contributed by atoms with E-state index in [0.29, 0.717) is 17.7 Å². The van der Waals surface area contributed by atoms with Crippen LogP contribution < -0.4 is 10.1 Å². The maximum absolute atomic E-state index is 6.13. The van der Waals surface area contributed by atoms with Crippen molar-refractivity contribution in [2.75, 3.05) is 13.2 Å². The first-order valence-electron chi connectivity index (χ1n) is 7.27. The Morgan fingerprint density at radius 2 is 2.21 bits per heavy atom. The zero-order valence-corrected chi connectivity index (χ0v) is 12.7. The summed E-state index contributed by atoms with van der Waals surface area (Å²) in [6, 6.07) is 6.58. The summed E-state index contributed by atoms with van der Waals surface area (Å²) in [7, 11) is 0. The second kappa shape index (κ2) is 7.16. The Labute approximate surface area is 121 Å². The highest BCUT2D eigenvalue weighted by atomic mass is 35.5. The van der Waals surface area contributed by atoms with Crippen LogP contribution in [0.2, 0.25) is 5.02 Å². The zero-order valence-electron chi connectivity index (χ0n) is 11.9. The van der Waals surface area contributed by atoms with Crippen molar-refractivity contribution in [3.05, 3.63) is 28.8 Å². The minimum Gasteiger partial charge on any atom is -0.491 e. The summed E-state index contributed by atoms with van der Waals surface area (Å²) < 4.78 is 5.72. The van der Waals surface area contributed by atoms with Gasteiger partial charge in [0.2, 0.25) is 0 Å². The van der Waals surface area contributed by atoms with E-state index in [0.717, 1.165) is 23.8 Å². The van der Waals surface area contributed by atoms with E-state index in [-0.39, 0.29) is 0 Å². The molecule has 0 radical (unpaired) electrons. The minimum atomic E-state index is 0.667. The Morgan fingerprint density at radius 3 is 2.95 bits per heavy atom. The molecule has 0 aliphatic heterocycles. The van der Waals surface area contributed by atoms with Gasteiger partial charge in [-0.15, -0.1) is 0 Å². The number of rotatable bonds is 5. The van der Waals surface area contributed by atoms with E-state index in [2.05, 4.69) is 12.2 Å². The number of ether oxygens (including phenoxy) is 1. The van der Waals surface area contributed by atoms with Crippen molar-refractivity contribution in [2.24, 2.45) is 5.92 Å². The fourth-order valence-electron chi connectivity index (χ4n) is 2.77. The summed E-state index contributed by atoms with van der Waals surface area (Å²) in [5.41, 5.74) is 1.16. The van der Waals surface area contributed by atoms with Crippen LogP contribution in [0.25, 0.3) is 0 Å². The second-order valence-corrected chi connectivity index (χ2v) is 6.11. The van der Waals surface area contributed by atoms with Crippen molar-refractivity contribution in [3.8, 4) is 5.75 Å². The maximum atomic E-state index is 6.13. The number of halogens is 1. The molecule has 106 valence electrons. The first-order valence-corrected chi connectivity index (χ1v) is 7.65. The van der Waals surface area contributed by atoms with Gasteiger partial charge in [0, 0.05) is 12.6 Å². The smallest absolute Gasteiger partial charge is 0.137 e. The molecule has 2 rings (SSSR count). The molecule has 0 heterocycles. The molecule has 0 amide bonds. The van der Waals surface area contributed by atoms with Gasteiger partial charge in [0.1, 0.15) is 12.4 Å². The third kappa shape index (κ3) is 4.70. The van der Waals surface area contributed by atoms with Gasteiger partial charge in [0.15, 0.2) is 0 Å². The summed E-state index contributed by atoms with van der Waals surface area (Å²) in [6.45, 7) is 5.94. The molecular formula is C16H24ClNO. The highest BCUT2D eigenvalue weighted by Gasteiger charge is 2.17. The Hall–Kier alpha value is -0.730. The number of aryl methyl sites for hydroxylation is 1. The lowest BCUT2D eigenvalue weighted by molar-refractivity contribution is 0.266. The summed E-state index contributed by atoms with van der Waals surface area (Å²) >= 11 is 6.13. The van der Waals surface area contributed by atoms with Crippen molar-refractivity contribution >= 4 is 11.6 Å². The Kier molecular flexibility index (Phi) is 5.53. The van der Waals surface area contributed by atoms with Gasteiger partial charge in [-0.3, -0.25) is 0 Å². The van der Waals surface area contributed by atoms with Gasteiger partial charge in [-0.1, -0.05) is 37.4 Å². The zero-order chi connectivity index (χ0) is 13.7. The first-order chi connectivity index (χ1) is 9.15. The summed E-state index contributed by atoms with van der Waals surface area (Å²) in [6.07, 6.45) is 5.33. The topological polar surface area (TPSA) is 21.3 Å². The molecule has 19 heavy (non-hydrogen) atoms. The van der Waals surface area contributed by atoms with Gasteiger partial charge >= 0.3 is 0 Å². The van der Waals surface area contributed by atoms with Crippen LogP contribution in [0.4, 0.5) is 0 Å². The van der Waals surface area contributed by atoms with E-state index in [1.807, 2.05) is 25.1 Å². The van der Waals surface area contributed by atoms with Gasteiger partial charge in [-0.2, -0.15) is 0 Å². The average Bonchev–Trinajstić information content (AvgIpc) is 2.37. The molecule has 1 N–H and O–H groups in total. The Balaban J connectivity index is 1.69. The molecule has 0 aromatic heterocycles. The summed E-state index contributed by atoms with van der Waals surface area (Å²) in [5.74, 6) is 1.64. The number of nitrogens with one attached hydrogen (secondary N) is 1. The molecule has 1 aliphatic carbocycles. The van der Waals surface area contributed by atoms with Gasteiger partial charge in [-0.25, -0.2) is 0 Å². The highest BCUT2D eigenvalue weighted by Crippen LogP contribution is 2.25. The highest BCUT2D eigenvalue weighted by molar-refractivity contribution is 6.32. The molecule has 1 aromatic carbocycles. The molecule has 3 heteroatoms. The summed E-state index contributed by atoms with van der Waals surface area (Å²) in [4.78, 5) is 0. The number of hydrogen-bond donors (Lipinski definition) is 1. The van der Waals surface area contributed by atoms with Gasteiger partial charge in [0.05, 0.1) is 5.02 Å². The lowest BCUT2D eigenvalue weighted by Gasteiger charge is -2.27. The largest absolute Gasteiger partial charge is 0.491 e. The van der Waals surface area contributed by atoms with Crippen LogP contribution in [-0.2, 0) is 0 Å². The lowest BCUT2D eigenvalue weighted by atomic mass is 9.87. The fraction of sp³-hybridized carbons (Fsp3) is 0.625. The molecule has 2 unspecified atom stereocenters. The summed E-state index contributed by atoms with van der Waals surface area (Å²) in [5, 5.41) is 4.29. The molecule has 0 bridgehead atoms. The molecule has 1 saturated carbocycles. The van der Waals surface area contributed by atoms with Crippen LogP contribution in [0, 0.1) is 12.8 Å². The van der Waals surface area contributed by atoms with Gasteiger partial charge < -0.3 is 10.1 Å². The maximum Gasteiger partial charge on any atom is 0.137 e. The second-order valence-electron chi connectivity index (χ2n) is 5.71. The van der Waals surface area contributed by atoms with Gasteiger partial charge in [-0.05, 0) is 43.4 Å². The van der Waals surface area contributed by atoms with E-state index < -0.39 is 0 Å². The Morgan fingerprint density at radius 1 is 1.37 bits per heavy atom. The van der Waals surface area contributed by atoms with E-state index >= 15 is 0 Å². The van der Waals surface area contributed by atoms with E-state index in [4.69, 9.17) is 16.3 Å². The molecule has 1 aliphatic rings. The Bertz CT molecular complexity index is 408. The standard InChI is InChI=1S/C16H24ClNO/c1-12-4-3-5-14(10-12)18-8-9-19-16-7-6-13(2)11-15(16)17/h6-7,11-12,14,18H,3-5,8-10H2,1-2H3. The van der Waals surface area contributed by atoms with Crippen LogP contribution in [0.5, 0.6) is 5.75 Å². The molecule has 2 atom stereocenters. The van der Waals surface area contributed by atoms with Crippen LogP contribution in [0.1, 0.15) is 38.2 Å². The van der Waals surface area contributed by atoms with Crippen molar-refractivity contribution in [1.29, 1.82) is 0 Å². The predicted molar refractivity (Wildman–Crippen MR) is 81.1 cm³/mol. The molecule has 2 nitrogen and oxygen atoms in total. The van der Waals surface area contributed by atoms with E-state index in [1.165, 1.54) is 25.7 Å². The molecule has 0 saturated heterocycles.